The Labute approximate surface area is 153 Å². The van der Waals surface area contributed by atoms with Crippen molar-refractivity contribution in [1.82, 2.24) is 4.90 Å². The van der Waals surface area contributed by atoms with E-state index in [4.69, 9.17) is 13.9 Å². The molecule has 1 aromatic heterocycles. The first-order chi connectivity index (χ1) is 12.5. The van der Waals surface area contributed by atoms with Crippen molar-refractivity contribution in [2.75, 3.05) is 13.7 Å². The Morgan fingerprint density at radius 1 is 1.19 bits per heavy atom. The minimum atomic E-state index is -0.640. The lowest BCUT2D eigenvalue weighted by molar-refractivity contribution is -0.140. The van der Waals surface area contributed by atoms with Gasteiger partial charge in [-0.05, 0) is 39.2 Å². The van der Waals surface area contributed by atoms with Crippen LogP contribution >= 0.6 is 0 Å². The maximum Gasteiger partial charge on any atom is 0.375 e. The molecule has 6 heteroatoms. The first-order valence-corrected chi connectivity index (χ1v) is 9.00. The summed E-state index contributed by atoms with van der Waals surface area (Å²) in [4.78, 5) is 26.9. The van der Waals surface area contributed by atoms with Crippen LogP contribution in [0.15, 0.2) is 28.7 Å². The third kappa shape index (κ3) is 3.60. The Morgan fingerprint density at radius 3 is 2.58 bits per heavy atom. The third-order valence-electron chi connectivity index (χ3n) is 4.98. The number of piperidine rings is 1. The summed E-state index contributed by atoms with van der Waals surface area (Å²) in [6.45, 7) is 4.02. The fourth-order valence-electron chi connectivity index (χ4n) is 3.73. The molecule has 3 rings (SSSR count). The quantitative estimate of drug-likeness (QED) is 0.764. The smallest absolute Gasteiger partial charge is 0.375 e. The summed E-state index contributed by atoms with van der Waals surface area (Å²) in [7, 11) is 1.56. The van der Waals surface area contributed by atoms with Crippen molar-refractivity contribution in [2.45, 2.75) is 51.8 Å². The van der Waals surface area contributed by atoms with Crippen LogP contribution in [0.2, 0.25) is 0 Å². The maximum atomic E-state index is 12.5. The van der Waals surface area contributed by atoms with E-state index in [1.54, 1.807) is 13.2 Å². The number of para-hydroxylation sites is 1. The first-order valence-electron chi connectivity index (χ1n) is 9.00. The molecule has 2 aromatic rings. The minimum absolute atomic E-state index is 0.0978. The molecule has 0 unspecified atom stereocenters. The molecule has 6 nitrogen and oxygen atoms in total. The molecular formula is C20H25NO5. The molecule has 0 N–H and O–H groups in total. The molecule has 1 fully saturated rings. The highest BCUT2D eigenvalue weighted by molar-refractivity contribution is 5.96. The van der Waals surface area contributed by atoms with Crippen molar-refractivity contribution in [2.24, 2.45) is 0 Å². The average molecular weight is 359 g/mol. The van der Waals surface area contributed by atoms with E-state index in [-0.39, 0.29) is 37.0 Å². The summed E-state index contributed by atoms with van der Waals surface area (Å²) in [6, 6.07) is 7.69. The molecule has 2 heterocycles. The molecule has 0 saturated carbocycles. The molecule has 0 aliphatic carbocycles. The number of likely N-dealkylation sites (tertiary alicyclic amines) is 1. The number of rotatable bonds is 5. The van der Waals surface area contributed by atoms with Gasteiger partial charge in [-0.2, -0.15) is 0 Å². The zero-order valence-electron chi connectivity index (χ0n) is 15.5. The number of methoxy groups -OCH3 is 1. The van der Waals surface area contributed by atoms with Crippen LogP contribution < -0.4 is 0 Å². The van der Waals surface area contributed by atoms with Crippen molar-refractivity contribution in [1.29, 1.82) is 0 Å². The van der Waals surface area contributed by atoms with Gasteiger partial charge in [0.05, 0.1) is 6.61 Å². The fraction of sp³-hybridized carbons (Fsp3) is 0.500. The van der Waals surface area contributed by atoms with Crippen molar-refractivity contribution < 1.29 is 23.5 Å². The third-order valence-corrected chi connectivity index (χ3v) is 4.98. The summed E-state index contributed by atoms with van der Waals surface area (Å²) < 4.78 is 16.1. The van der Waals surface area contributed by atoms with Gasteiger partial charge in [0.2, 0.25) is 5.76 Å². The molecule has 1 aliphatic rings. The minimum Gasteiger partial charge on any atom is -0.450 e. The predicted molar refractivity (Wildman–Crippen MR) is 96.8 cm³/mol. The lowest BCUT2D eigenvalue weighted by Gasteiger charge is -2.38. The fourth-order valence-corrected chi connectivity index (χ4v) is 3.73. The van der Waals surface area contributed by atoms with Gasteiger partial charge in [0.15, 0.2) is 6.61 Å². The van der Waals surface area contributed by atoms with Gasteiger partial charge in [-0.15, -0.1) is 0 Å². The number of nitrogens with zero attached hydrogens (tertiary/aromatic N) is 1. The number of esters is 1. The maximum absolute atomic E-state index is 12.5. The summed E-state index contributed by atoms with van der Waals surface area (Å²) >= 11 is 0. The number of furan rings is 1. The van der Waals surface area contributed by atoms with Gasteiger partial charge < -0.3 is 18.8 Å². The first kappa shape index (κ1) is 18.5. The van der Waals surface area contributed by atoms with Gasteiger partial charge >= 0.3 is 5.97 Å². The molecular weight excluding hydrogens is 334 g/mol. The standard InChI is InChI=1S/C20H25NO5/c1-13-7-6-8-14(2)21(13)18(22)12-25-20(23)19-16(11-24-3)15-9-4-5-10-17(15)26-19/h4-5,9-10,13-14H,6-8,11-12H2,1-3H3/t13-,14+. The van der Waals surface area contributed by atoms with Crippen LogP contribution in [-0.2, 0) is 20.9 Å². The van der Waals surface area contributed by atoms with E-state index in [0.717, 1.165) is 24.6 Å². The van der Waals surface area contributed by atoms with E-state index in [9.17, 15) is 9.59 Å². The number of fused-ring (bicyclic) bond motifs is 1. The Morgan fingerprint density at radius 2 is 1.88 bits per heavy atom. The molecule has 0 radical (unpaired) electrons. The average Bonchev–Trinajstić information content (AvgIpc) is 2.99. The number of hydrogen-bond acceptors (Lipinski definition) is 5. The van der Waals surface area contributed by atoms with Gasteiger partial charge in [-0.25, -0.2) is 4.79 Å². The van der Waals surface area contributed by atoms with Crippen LogP contribution in [0.1, 0.15) is 49.2 Å². The largest absolute Gasteiger partial charge is 0.450 e. The monoisotopic (exact) mass is 359 g/mol. The Hall–Kier alpha value is -2.34. The number of hydrogen-bond donors (Lipinski definition) is 0. The van der Waals surface area contributed by atoms with E-state index < -0.39 is 5.97 Å². The highest BCUT2D eigenvalue weighted by atomic mass is 16.5. The van der Waals surface area contributed by atoms with Crippen molar-refractivity contribution in [3.05, 3.63) is 35.6 Å². The Kier molecular flexibility index (Phi) is 5.61. The normalized spacial score (nSPS) is 20.3. The Bertz CT molecular complexity index is 787. The summed E-state index contributed by atoms with van der Waals surface area (Å²) in [5.41, 5.74) is 1.23. The van der Waals surface area contributed by atoms with E-state index in [1.807, 2.05) is 36.9 Å². The molecule has 26 heavy (non-hydrogen) atoms. The summed E-state index contributed by atoms with van der Waals surface area (Å²) in [5, 5.41) is 0.811. The van der Waals surface area contributed by atoms with Crippen LogP contribution in [0, 0.1) is 0 Å². The van der Waals surface area contributed by atoms with Gasteiger partial charge in [-0.1, -0.05) is 18.2 Å². The van der Waals surface area contributed by atoms with E-state index in [2.05, 4.69) is 0 Å². The topological polar surface area (TPSA) is 69.0 Å². The number of amides is 1. The van der Waals surface area contributed by atoms with Gasteiger partial charge in [0, 0.05) is 30.1 Å². The molecule has 0 bridgehead atoms. The zero-order chi connectivity index (χ0) is 18.7. The van der Waals surface area contributed by atoms with E-state index in [1.165, 1.54) is 0 Å². The molecule has 2 atom stereocenters. The lowest BCUT2D eigenvalue weighted by Crippen LogP contribution is -2.49. The molecule has 0 spiro atoms. The molecule has 1 aliphatic heterocycles. The Balaban J connectivity index is 1.73. The second-order valence-electron chi connectivity index (χ2n) is 6.84. The lowest BCUT2D eigenvalue weighted by atomic mass is 9.97. The highest BCUT2D eigenvalue weighted by Gasteiger charge is 2.30. The van der Waals surface area contributed by atoms with Crippen LogP contribution in [-0.4, -0.2) is 42.6 Å². The molecule has 1 saturated heterocycles. The number of benzene rings is 1. The SMILES string of the molecule is COCc1c(C(=O)OCC(=O)N2[C@H](C)CCC[C@@H]2C)oc2ccccc12. The van der Waals surface area contributed by atoms with E-state index >= 15 is 0 Å². The molecule has 1 amide bonds. The summed E-state index contributed by atoms with van der Waals surface area (Å²) in [5.74, 6) is -0.707. The van der Waals surface area contributed by atoms with Gasteiger partial charge in [0.1, 0.15) is 5.58 Å². The molecule has 140 valence electrons. The number of ether oxygens (including phenoxy) is 2. The van der Waals surface area contributed by atoms with Crippen LogP contribution in [0.5, 0.6) is 0 Å². The second kappa shape index (κ2) is 7.91. The second-order valence-corrected chi connectivity index (χ2v) is 6.84. The molecule has 1 aromatic carbocycles. The number of carbonyl (C=O) groups excluding carboxylic acids is 2. The van der Waals surface area contributed by atoms with Crippen molar-refractivity contribution in [3.63, 3.8) is 0 Å². The van der Waals surface area contributed by atoms with Crippen LogP contribution in [0.25, 0.3) is 11.0 Å². The predicted octanol–water partition coefficient (Wildman–Crippen LogP) is 3.53. The zero-order valence-corrected chi connectivity index (χ0v) is 15.5. The van der Waals surface area contributed by atoms with E-state index in [0.29, 0.717) is 11.1 Å². The highest BCUT2D eigenvalue weighted by Crippen LogP contribution is 2.27. The van der Waals surface area contributed by atoms with Crippen molar-refractivity contribution >= 4 is 22.8 Å². The van der Waals surface area contributed by atoms with Crippen LogP contribution in [0.3, 0.4) is 0 Å². The number of carbonyl (C=O) groups is 2. The summed E-state index contributed by atoms with van der Waals surface area (Å²) in [6.07, 6.45) is 3.07. The van der Waals surface area contributed by atoms with Crippen LogP contribution in [0.4, 0.5) is 0 Å². The van der Waals surface area contributed by atoms with Crippen molar-refractivity contribution in [3.8, 4) is 0 Å². The van der Waals surface area contributed by atoms with Gasteiger partial charge in [-0.3, -0.25) is 4.79 Å². The van der Waals surface area contributed by atoms with Gasteiger partial charge in [0.25, 0.3) is 5.91 Å².